The van der Waals surface area contributed by atoms with E-state index in [0.29, 0.717) is 18.0 Å². The fourth-order valence-corrected chi connectivity index (χ4v) is 4.96. The number of fused-ring (bicyclic) bond motifs is 1. The Labute approximate surface area is 176 Å². The Morgan fingerprint density at radius 1 is 0.967 bits per heavy atom. The van der Waals surface area contributed by atoms with Crippen molar-refractivity contribution < 1.29 is 17.9 Å². The molecule has 1 atom stereocenters. The smallest absolute Gasteiger partial charge is 0.265 e. The summed E-state index contributed by atoms with van der Waals surface area (Å²) in [5, 5.41) is 0. The molecular weight excluding hydrogens is 400 g/mol. The molecule has 0 unspecified atom stereocenters. The summed E-state index contributed by atoms with van der Waals surface area (Å²) in [6, 6.07) is 24.7. The Morgan fingerprint density at radius 3 is 2.27 bits per heavy atom. The number of ether oxygens (including phenoxy) is 1. The summed E-state index contributed by atoms with van der Waals surface area (Å²) < 4.78 is 33.8. The number of likely N-dealkylation sites (N-methyl/N-ethyl adjacent to an activating group) is 1. The molecule has 1 aliphatic rings. The molecule has 3 aromatic carbocycles. The van der Waals surface area contributed by atoms with Gasteiger partial charge in [-0.1, -0.05) is 60.7 Å². The summed E-state index contributed by atoms with van der Waals surface area (Å²) >= 11 is 0. The number of nitrogens with zero attached hydrogens (tertiary/aromatic N) is 2. The maximum absolute atomic E-state index is 13.3. The van der Waals surface area contributed by atoms with Crippen molar-refractivity contribution in [2.24, 2.45) is 0 Å². The van der Waals surface area contributed by atoms with E-state index in [2.05, 4.69) is 0 Å². The molecule has 0 fully saturated rings. The van der Waals surface area contributed by atoms with E-state index >= 15 is 0 Å². The summed E-state index contributed by atoms with van der Waals surface area (Å²) in [4.78, 5) is 14.8. The first-order chi connectivity index (χ1) is 14.5. The fourth-order valence-electron chi connectivity index (χ4n) is 3.46. The molecule has 7 heteroatoms. The van der Waals surface area contributed by atoms with Crippen molar-refractivity contribution in [3.8, 4) is 5.75 Å². The minimum Gasteiger partial charge on any atom is -0.476 e. The highest BCUT2D eigenvalue weighted by atomic mass is 32.2. The summed E-state index contributed by atoms with van der Waals surface area (Å²) in [5.41, 5.74) is 1.41. The van der Waals surface area contributed by atoms with Crippen molar-refractivity contribution in [1.29, 1.82) is 0 Å². The van der Waals surface area contributed by atoms with Gasteiger partial charge in [0.2, 0.25) is 0 Å². The van der Waals surface area contributed by atoms with Crippen LogP contribution >= 0.6 is 0 Å². The van der Waals surface area contributed by atoms with Gasteiger partial charge in [0.1, 0.15) is 5.75 Å². The van der Waals surface area contributed by atoms with Gasteiger partial charge in [-0.25, -0.2) is 8.42 Å². The van der Waals surface area contributed by atoms with E-state index in [1.54, 1.807) is 66.5 Å². The number of amides is 1. The zero-order valence-electron chi connectivity index (χ0n) is 16.5. The minimum atomic E-state index is -3.84. The number of hydrogen-bond donors (Lipinski definition) is 0. The molecule has 0 aromatic heterocycles. The van der Waals surface area contributed by atoms with Crippen molar-refractivity contribution in [3.63, 3.8) is 0 Å². The average molecular weight is 423 g/mol. The molecule has 0 spiro atoms. The number of para-hydroxylation sites is 2. The zero-order valence-corrected chi connectivity index (χ0v) is 17.3. The van der Waals surface area contributed by atoms with Crippen LogP contribution in [0.1, 0.15) is 5.56 Å². The first-order valence-corrected chi connectivity index (χ1v) is 11.0. The Bertz CT molecular complexity index is 1130. The van der Waals surface area contributed by atoms with Crippen molar-refractivity contribution in [1.82, 2.24) is 4.90 Å². The van der Waals surface area contributed by atoms with Crippen LogP contribution < -0.4 is 9.04 Å². The summed E-state index contributed by atoms with van der Waals surface area (Å²) in [7, 11) is -2.15. The molecular formula is C23H22N2O4S. The molecule has 3 aromatic rings. The third-order valence-electron chi connectivity index (χ3n) is 4.98. The number of benzene rings is 3. The first-order valence-electron chi connectivity index (χ1n) is 9.59. The van der Waals surface area contributed by atoms with Gasteiger partial charge in [0.05, 0.1) is 17.1 Å². The van der Waals surface area contributed by atoms with Gasteiger partial charge in [-0.15, -0.1) is 0 Å². The molecule has 30 heavy (non-hydrogen) atoms. The molecule has 0 saturated carbocycles. The second-order valence-corrected chi connectivity index (χ2v) is 8.97. The maximum atomic E-state index is 13.3. The number of hydrogen-bond acceptors (Lipinski definition) is 4. The van der Waals surface area contributed by atoms with E-state index in [0.717, 1.165) is 5.56 Å². The lowest BCUT2D eigenvalue weighted by atomic mass is 10.2. The SMILES string of the molecule is CN(Cc1ccccc1)C(=O)[C@@H]1CN(S(=O)(=O)c2ccccc2)c2ccccc2O1. The predicted octanol–water partition coefficient (Wildman–Crippen LogP) is 3.30. The molecule has 0 aliphatic carbocycles. The third kappa shape index (κ3) is 3.89. The van der Waals surface area contributed by atoms with E-state index in [4.69, 9.17) is 4.74 Å². The van der Waals surface area contributed by atoms with Crippen molar-refractivity contribution in [2.75, 3.05) is 17.9 Å². The molecule has 0 N–H and O–H groups in total. The Hall–Kier alpha value is -3.32. The second-order valence-electron chi connectivity index (χ2n) is 7.10. The molecule has 154 valence electrons. The number of sulfonamides is 1. The van der Waals surface area contributed by atoms with Crippen LogP contribution in [0.15, 0.2) is 89.8 Å². The highest BCUT2D eigenvalue weighted by molar-refractivity contribution is 7.92. The van der Waals surface area contributed by atoms with E-state index in [1.165, 1.54) is 4.31 Å². The van der Waals surface area contributed by atoms with E-state index < -0.39 is 16.1 Å². The molecule has 1 aliphatic heterocycles. The molecule has 0 bridgehead atoms. The van der Waals surface area contributed by atoms with Crippen LogP contribution in [0.4, 0.5) is 5.69 Å². The van der Waals surface area contributed by atoms with Gasteiger partial charge in [-0.2, -0.15) is 0 Å². The number of carbonyl (C=O) groups is 1. The largest absolute Gasteiger partial charge is 0.476 e. The Kier molecular flexibility index (Phi) is 5.46. The maximum Gasteiger partial charge on any atom is 0.265 e. The van der Waals surface area contributed by atoms with Gasteiger partial charge in [0.25, 0.3) is 15.9 Å². The van der Waals surface area contributed by atoms with Crippen LogP contribution in [-0.2, 0) is 21.4 Å². The highest BCUT2D eigenvalue weighted by Crippen LogP contribution is 2.37. The first kappa shape index (κ1) is 20.0. The molecule has 1 heterocycles. The predicted molar refractivity (Wildman–Crippen MR) is 115 cm³/mol. The van der Waals surface area contributed by atoms with Gasteiger partial charge < -0.3 is 9.64 Å². The standard InChI is InChI=1S/C23H22N2O4S/c1-24(16-18-10-4-2-5-11-18)23(26)22-17-25(20-14-8-9-15-21(20)29-22)30(27,28)19-12-6-3-7-13-19/h2-15,22H,16-17H2,1H3/t22-/m0/s1. The number of anilines is 1. The normalized spacial score (nSPS) is 15.8. The molecule has 6 nitrogen and oxygen atoms in total. The lowest BCUT2D eigenvalue weighted by Crippen LogP contribution is -2.50. The lowest BCUT2D eigenvalue weighted by Gasteiger charge is -2.36. The highest BCUT2D eigenvalue weighted by Gasteiger charge is 2.38. The number of carbonyl (C=O) groups excluding carboxylic acids is 1. The van der Waals surface area contributed by atoms with E-state index in [9.17, 15) is 13.2 Å². The number of rotatable bonds is 5. The van der Waals surface area contributed by atoms with Crippen molar-refractivity contribution >= 4 is 21.6 Å². The molecule has 0 saturated heterocycles. The van der Waals surface area contributed by atoms with Gasteiger partial charge in [-0.05, 0) is 29.8 Å². The van der Waals surface area contributed by atoms with E-state index in [-0.39, 0.29) is 17.3 Å². The van der Waals surface area contributed by atoms with Crippen LogP contribution in [0.2, 0.25) is 0 Å². The van der Waals surface area contributed by atoms with Crippen LogP contribution in [0, 0.1) is 0 Å². The van der Waals surface area contributed by atoms with Crippen LogP contribution in [0.25, 0.3) is 0 Å². The summed E-state index contributed by atoms with van der Waals surface area (Å²) in [5.74, 6) is 0.0938. The quantitative estimate of drug-likeness (QED) is 0.633. The van der Waals surface area contributed by atoms with Crippen molar-refractivity contribution in [3.05, 3.63) is 90.5 Å². The Balaban J connectivity index is 1.64. The van der Waals surface area contributed by atoms with Crippen molar-refractivity contribution in [2.45, 2.75) is 17.5 Å². The molecule has 4 rings (SSSR count). The zero-order chi connectivity index (χ0) is 21.1. The molecule has 0 radical (unpaired) electrons. The van der Waals surface area contributed by atoms with Crippen LogP contribution in [0.5, 0.6) is 5.75 Å². The van der Waals surface area contributed by atoms with Crippen LogP contribution in [-0.4, -0.2) is 38.9 Å². The monoisotopic (exact) mass is 422 g/mol. The summed E-state index contributed by atoms with van der Waals surface area (Å²) in [6.07, 6.45) is -0.938. The minimum absolute atomic E-state index is 0.0911. The van der Waals surface area contributed by atoms with Crippen LogP contribution in [0.3, 0.4) is 0 Å². The third-order valence-corrected chi connectivity index (χ3v) is 6.77. The van der Waals surface area contributed by atoms with Gasteiger partial charge >= 0.3 is 0 Å². The van der Waals surface area contributed by atoms with Gasteiger partial charge in [0.15, 0.2) is 6.10 Å². The Morgan fingerprint density at radius 2 is 1.57 bits per heavy atom. The fraction of sp³-hybridized carbons (Fsp3) is 0.174. The van der Waals surface area contributed by atoms with E-state index in [1.807, 2.05) is 30.3 Å². The topological polar surface area (TPSA) is 66.9 Å². The lowest BCUT2D eigenvalue weighted by molar-refractivity contribution is -0.137. The average Bonchev–Trinajstić information content (AvgIpc) is 2.79. The second kappa shape index (κ2) is 8.20. The molecule has 1 amide bonds. The summed E-state index contributed by atoms with van der Waals surface area (Å²) in [6.45, 7) is 0.318. The van der Waals surface area contributed by atoms with Gasteiger partial charge in [-0.3, -0.25) is 9.10 Å². The van der Waals surface area contributed by atoms with Gasteiger partial charge in [0, 0.05) is 13.6 Å².